The van der Waals surface area contributed by atoms with Gasteiger partial charge in [0.2, 0.25) is 11.8 Å². The van der Waals surface area contributed by atoms with Gasteiger partial charge >= 0.3 is 0 Å². The molecule has 0 aromatic heterocycles. The molecule has 4 aromatic rings. The third-order valence-electron chi connectivity index (χ3n) is 7.65. The van der Waals surface area contributed by atoms with Crippen LogP contribution >= 0.6 is 0 Å². The summed E-state index contributed by atoms with van der Waals surface area (Å²) in [6.07, 6.45) is 0.269. The van der Waals surface area contributed by atoms with E-state index in [2.05, 4.69) is 5.32 Å². The number of nitrogens with zero attached hydrogens (tertiary/aromatic N) is 2. The van der Waals surface area contributed by atoms with Crippen molar-refractivity contribution in [2.24, 2.45) is 0 Å². The van der Waals surface area contributed by atoms with Gasteiger partial charge in [-0.25, -0.2) is 8.42 Å². The van der Waals surface area contributed by atoms with E-state index in [0.717, 1.165) is 33.4 Å². The van der Waals surface area contributed by atoms with Crippen molar-refractivity contribution in [1.82, 2.24) is 10.2 Å². The molecule has 0 spiro atoms. The van der Waals surface area contributed by atoms with E-state index in [9.17, 15) is 18.0 Å². The van der Waals surface area contributed by atoms with Gasteiger partial charge in [0.15, 0.2) is 0 Å². The Labute approximate surface area is 268 Å². The molecule has 0 bridgehead atoms. The quantitative estimate of drug-likeness (QED) is 0.201. The smallest absolute Gasteiger partial charge is 0.264 e. The Hall–Kier alpha value is -4.43. The molecular weight excluding hydrogens is 582 g/mol. The van der Waals surface area contributed by atoms with E-state index in [4.69, 9.17) is 0 Å². The van der Waals surface area contributed by atoms with Crippen LogP contribution in [0.3, 0.4) is 0 Å². The summed E-state index contributed by atoms with van der Waals surface area (Å²) in [5.41, 5.74) is 5.79. The van der Waals surface area contributed by atoms with E-state index in [-0.39, 0.29) is 29.8 Å². The predicted molar refractivity (Wildman–Crippen MR) is 181 cm³/mol. The van der Waals surface area contributed by atoms with Crippen LogP contribution in [0.2, 0.25) is 0 Å². The first-order valence-electron chi connectivity index (χ1n) is 15.2. The summed E-state index contributed by atoms with van der Waals surface area (Å²) in [6, 6.07) is 28.4. The van der Waals surface area contributed by atoms with Crippen LogP contribution in [0.15, 0.2) is 102 Å². The zero-order valence-corrected chi connectivity index (χ0v) is 27.8. The zero-order chi connectivity index (χ0) is 32.7. The maximum atomic E-state index is 14.6. The Morgan fingerprint density at radius 1 is 0.733 bits per heavy atom. The standard InChI is InChI=1S/C37H43N3O4S/c1-26(2)38-37(42)35(23-31-12-8-7-9-13-31)39(24-32-14-10-11-28(4)22-32)36(41)25-40(34-20-17-29(5)21-30(34)6)45(43,44)33-18-15-27(3)16-19-33/h7-22,26,35H,23-25H2,1-6H3,(H,38,42)/t35-/m0/s1. The summed E-state index contributed by atoms with van der Waals surface area (Å²) in [7, 11) is -4.15. The van der Waals surface area contributed by atoms with Crippen molar-refractivity contribution in [2.45, 2.75) is 71.5 Å². The van der Waals surface area contributed by atoms with Crippen LogP contribution in [0.4, 0.5) is 5.69 Å². The van der Waals surface area contributed by atoms with Crippen LogP contribution in [0, 0.1) is 27.7 Å². The summed E-state index contributed by atoms with van der Waals surface area (Å²) in [5.74, 6) is -0.777. The highest BCUT2D eigenvalue weighted by atomic mass is 32.2. The van der Waals surface area contributed by atoms with Crippen molar-refractivity contribution in [2.75, 3.05) is 10.8 Å². The Morgan fingerprint density at radius 3 is 1.98 bits per heavy atom. The third kappa shape index (κ3) is 8.60. The summed E-state index contributed by atoms with van der Waals surface area (Å²) >= 11 is 0. The van der Waals surface area contributed by atoms with Gasteiger partial charge < -0.3 is 10.2 Å². The third-order valence-corrected chi connectivity index (χ3v) is 9.42. The number of hydrogen-bond acceptors (Lipinski definition) is 4. The van der Waals surface area contributed by atoms with Crippen molar-refractivity contribution in [3.63, 3.8) is 0 Å². The van der Waals surface area contributed by atoms with E-state index in [0.29, 0.717) is 5.69 Å². The number of carbonyl (C=O) groups is 2. The molecule has 8 heteroatoms. The van der Waals surface area contributed by atoms with Crippen LogP contribution < -0.4 is 9.62 Å². The zero-order valence-electron chi connectivity index (χ0n) is 26.9. The average molecular weight is 626 g/mol. The van der Waals surface area contributed by atoms with Gasteiger partial charge in [0.25, 0.3) is 10.0 Å². The van der Waals surface area contributed by atoms with Gasteiger partial charge in [-0.15, -0.1) is 0 Å². The number of sulfonamides is 1. The SMILES string of the molecule is Cc1ccc(S(=O)(=O)N(CC(=O)N(Cc2cccc(C)c2)[C@@H](Cc2ccccc2)C(=O)NC(C)C)c2ccc(C)cc2C)cc1. The lowest BCUT2D eigenvalue weighted by Crippen LogP contribution is -2.54. The molecule has 0 saturated heterocycles. The second-order valence-electron chi connectivity index (χ2n) is 12.0. The number of rotatable bonds is 12. The number of nitrogens with one attached hydrogen (secondary N) is 1. The molecule has 0 heterocycles. The molecule has 4 rings (SSSR count). The van der Waals surface area contributed by atoms with Gasteiger partial charge in [-0.3, -0.25) is 13.9 Å². The second kappa shape index (κ2) is 14.6. The van der Waals surface area contributed by atoms with Crippen molar-refractivity contribution >= 4 is 27.5 Å². The molecule has 0 radical (unpaired) electrons. The second-order valence-corrected chi connectivity index (χ2v) is 13.9. The molecule has 0 aliphatic rings. The minimum absolute atomic E-state index is 0.0875. The number of carbonyl (C=O) groups excluding carboxylic acids is 2. The van der Waals surface area contributed by atoms with Crippen molar-refractivity contribution < 1.29 is 18.0 Å². The first-order chi connectivity index (χ1) is 21.3. The van der Waals surface area contributed by atoms with Crippen molar-refractivity contribution in [1.29, 1.82) is 0 Å². The first kappa shape index (κ1) is 33.5. The molecule has 0 aliphatic carbocycles. The van der Waals surface area contributed by atoms with Crippen LogP contribution in [0.1, 0.15) is 47.2 Å². The van der Waals surface area contributed by atoms with Gasteiger partial charge in [0, 0.05) is 19.0 Å². The summed E-state index contributed by atoms with van der Waals surface area (Å²) in [4.78, 5) is 30.0. The number of amides is 2. The maximum absolute atomic E-state index is 14.6. The van der Waals surface area contributed by atoms with E-state index in [1.54, 1.807) is 30.3 Å². The molecule has 236 valence electrons. The van der Waals surface area contributed by atoms with Crippen molar-refractivity contribution in [3.05, 3.63) is 130 Å². The molecule has 0 saturated carbocycles. The lowest BCUT2D eigenvalue weighted by atomic mass is 10.0. The molecule has 0 unspecified atom stereocenters. The fraction of sp³-hybridized carbons (Fsp3) is 0.297. The number of benzene rings is 4. The number of hydrogen-bond donors (Lipinski definition) is 1. The molecule has 0 aliphatic heterocycles. The molecule has 4 aromatic carbocycles. The molecule has 7 nitrogen and oxygen atoms in total. The Kier molecular flexibility index (Phi) is 10.8. The Morgan fingerprint density at radius 2 is 1.36 bits per heavy atom. The Bertz CT molecular complexity index is 1740. The fourth-order valence-corrected chi connectivity index (χ4v) is 6.86. The van der Waals surface area contributed by atoms with Gasteiger partial charge in [0.05, 0.1) is 10.6 Å². The number of aryl methyl sites for hydroxylation is 4. The minimum Gasteiger partial charge on any atom is -0.352 e. The maximum Gasteiger partial charge on any atom is 0.264 e. The van der Waals surface area contributed by atoms with Crippen LogP contribution in [0.5, 0.6) is 0 Å². The molecule has 2 amide bonds. The average Bonchev–Trinajstić information content (AvgIpc) is 2.98. The lowest BCUT2D eigenvalue weighted by molar-refractivity contribution is -0.140. The van der Waals surface area contributed by atoms with Gasteiger partial charge in [-0.2, -0.15) is 0 Å². The highest BCUT2D eigenvalue weighted by Gasteiger charge is 2.35. The summed E-state index contributed by atoms with van der Waals surface area (Å²) < 4.78 is 29.7. The van der Waals surface area contributed by atoms with Gasteiger partial charge in [0.1, 0.15) is 12.6 Å². The van der Waals surface area contributed by atoms with E-state index in [1.165, 1.54) is 9.21 Å². The normalized spacial score (nSPS) is 12.1. The van der Waals surface area contributed by atoms with Gasteiger partial charge in [-0.05, 0) is 76.4 Å². The molecule has 0 fully saturated rings. The lowest BCUT2D eigenvalue weighted by Gasteiger charge is -2.34. The van der Waals surface area contributed by atoms with E-state index < -0.39 is 28.5 Å². The number of anilines is 1. The molecule has 45 heavy (non-hydrogen) atoms. The predicted octanol–water partition coefficient (Wildman–Crippen LogP) is 6.28. The van der Waals surface area contributed by atoms with Crippen molar-refractivity contribution in [3.8, 4) is 0 Å². The first-order valence-corrected chi connectivity index (χ1v) is 16.6. The monoisotopic (exact) mass is 625 g/mol. The highest BCUT2D eigenvalue weighted by molar-refractivity contribution is 7.92. The Balaban J connectivity index is 1.83. The summed E-state index contributed by atoms with van der Waals surface area (Å²) in [5, 5.41) is 2.99. The molecule has 1 atom stereocenters. The van der Waals surface area contributed by atoms with E-state index in [1.807, 2.05) is 108 Å². The molecular formula is C37H43N3O4S. The highest BCUT2D eigenvalue weighted by Crippen LogP contribution is 2.29. The largest absolute Gasteiger partial charge is 0.352 e. The van der Waals surface area contributed by atoms with Gasteiger partial charge in [-0.1, -0.05) is 95.6 Å². The van der Waals surface area contributed by atoms with Crippen LogP contribution in [-0.4, -0.2) is 43.8 Å². The topological polar surface area (TPSA) is 86.8 Å². The fourth-order valence-electron chi connectivity index (χ4n) is 5.38. The van der Waals surface area contributed by atoms with Crippen LogP contribution in [-0.2, 0) is 32.6 Å². The minimum atomic E-state index is -4.15. The van der Waals surface area contributed by atoms with Crippen LogP contribution in [0.25, 0.3) is 0 Å². The summed E-state index contributed by atoms with van der Waals surface area (Å²) in [6.45, 7) is 11.0. The van der Waals surface area contributed by atoms with E-state index >= 15 is 0 Å². The molecule has 1 N–H and O–H groups in total.